The van der Waals surface area contributed by atoms with E-state index in [1.807, 2.05) is 18.2 Å². The molecule has 1 rings (SSSR count). The van der Waals surface area contributed by atoms with E-state index in [0.717, 1.165) is 5.56 Å². The van der Waals surface area contributed by atoms with Gasteiger partial charge < -0.3 is 15.2 Å². The molecule has 1 aromatic rings. The monoisotopic (exact) mass is 220 g/mol. The Bertz CT molecular complexity index is 360. The Labute approximate surface area is 95.5 Å². The van der Waals surface area contributed by atoms with E-state index in [0.29, 0.717) is 25.3 Å². The van der Waals surface area contributed by atoms with Gasteiger partial charge in [-0.05, 0) is 17.7 Å². The number of hydrogen-bond acceptors (Lipinski definition) is 4. The fraction of sp³-hybridized carbons (Fsp3) is 0.417. The van der Waals surface area contributed by atoms with Crippen molar-refractivity contribution in [1.29, 1.82) is 5.26 Å². The van der Waals surface area contributed by atoms with Crippen molar-refractivity contribution in [3.63, 3.8) is 0 Å². The molecule has 1 aromatic carbocycles. The van der Waals surface area contributed by atoms with E-state index in [9.17, 15) is 5.11 Å². The number of aliphatic hydroxyl groups is 1. The molecule has 1 atom stereocenters. The summed E-state index contributed by atoms with van der Waals surface area (Å²) in [6.45, 7) is 1.44. The maximum atomic E-state index is 9.39. The second kappa shape index (κ2) is 6.96. The van der Waals surface area contributed by atoms with Gasteiger partial charge in [-0.3, -0.25) is 0 Å². The van der Waals surface area contributed by atoms with E-state index in [1.54, 1.807) is 13.2 Å². The first-order valence-corrected chi connectivity index (χ1v) is 5.13. The highest BCUT2D eigenvalue weighted by Crippen LogP contribution is 2.03. The number of nitrogens with zero attached hydrogens (tertiary/aromatic N) is 1. The molecule has 2 N–H and O–H groups in total. The summed E-state index contributed by atoms with van der Waals surface area (Å²) in [6, 6.07) is 9.48. The van der Waals surface area contributed by atoms with Crippen molar-refractivity contribution in [2.24, 2.45) is 0 Å². The van der Waals surface area contributed by atoms with Gasteiger partial charge in [-0.25, -0.2) is 0 Å². The summed E-state index contributed by atoms with van der Waals surface area (Å²) in [5, 5.41) is 21.2. The average molecular weight is 220 g/mol. The molecule has 4 nitrogen and oxygen atoms in total. The summed E-state index contributed by atoms with van der Waals surface area (Å²) in [5.41, 5.74) is 1.68. The average Bonchev–Trinajstić information content (AvgIpc) is 2.30. The van der Waals surface area contributed by atoms with E-state index in [1.165, 1.54) is 0 Å². The second-order valence-corrected chi connectivity index (χ2v) is 3.55. The van der Waals surface area contributed by atoms with Crippen LogP contribution in [0.4, 0.5) is 0 Å². The second-order valence-electron chi connectivity index (χ2n) is 3.55. The van der Waals surface area contributed by atoms with E-state index in [2.05, 4.69) is 11.4 Å². The van der Waals surface area contributed by atoms with Gasteiger partial charge in [0.1, 0.15) is 0 Å². The molecular weight excluding hydrogens is 204 g/mol. The Balaban J connectivity index is 2.34. The molecule has 0 aliphatic carbocycles. The van der Waals surface area contributed by atoms with Crippen LogP contribution in [0.5, 0.6) is 0 Å². The third-order valence-corrected chi connectivity index (χ3v) is 2.12. The van der Waals surface area contributed by atoms with Gasteiger partial charge in [-0.2, -0.15) is 5.26 Å². The van der Waals surface area contributed by atoms with E-state index in [4.69, 9.17) is 10.00 Å². The van der Waals surface area contributed by atoms with Gasteiger partial charge >= 0.3 is 0 Å². The summed E-state index contributed by atoms with van der Waals surface area (Å²) < 4.78 is 4.81. The summed E-state index contributed by atoms with van der Waals surface area (Å²) in [4.78, 5) is 0. The normalized spacial score (nSPS) is 12.1. The third kappa shape index (κ3) is 4.41. The smallest absolute Gasteiger partial charge is 0.0991 e. The predicted molar refractivity (Wildman–Crippen MR) is 60.7 cm³/mol. The molecular formula is C12H16N2O2. The summed E-state index contributed by atoms with van der Waals surface area (Å²) in [5.74, 6) is 0. The lowest BCUT2D eigenvalue weighted by atomic mass is 10.1. The van der Waals surface area contributed by atoms with Crippen LogP contribution < -0.4 is 5.32 Å². The first-order valence-electron chi connectivity index (χ1n) is 5.13. The lowest BCUT2D eigenvalue weighted by molar-refractivity contribution is 0.0644. The van der Waals surface area contributed by atoms with Gasteiger partial charge in [0.05, 0.1) is 24.3 Å². The van der Waals surface area contributed by atoms with Crippen molar-refractivity contribution in [2.45, 2.75) is 12.6 Å². The van der Waals surface area contributed by atoms with Crippen LogP contribution >= 0.6 is 0 Å². The molecule has 0 aliphatic heterocycles. The number of aliphatic hydroxyl groups excluding tert-OH is 1. The van der Waals surface area contributed by atoms with Crippen LogP contribution in [-0.2, 0) is 11.3 Å². The van der Waals surface area contributed by atoms with Gasteiger partial charge in [-0.15, -0.1) is 0 Å². The standard InChI is InChI=1S/C12H16N2O2/c1-16-9-12(15)8-14-7-11-4-2-3-10(5-11)6-13/h2-5,12,14-15H,7-9H2,1H3. The molecule has 1 unspecified atom stereocenters. The fourth-order valence-corrected chi connectivity index (χ4v) is 1.39. The Morgan fingerprint density at radius 3 is 3.06 bits per heavy atom. The van der Waals surface area contributed by atoms with Crippen LogP contribution in [0.25, 0.3) is 0 Å². The number of rotatable bonds is 6. The number of methoxy groups -OCH3 is 1. The van der Waals surface area contributed by atoms with Crippen molar-refractivity contribution in [3.05, 3.63) is 35.4 Å². The molecule has 0 saturated heterocycles. The molecule has 0 amide bonds. The van der Waals surface area contributed by atoms with Gasteiger partial charge in [0, 0.05) is 20.2 Å². The zero-order valence-corrected chi connectivity index (χ0v) is 9.31. The molecule has 0 aliphatic rings. The SMILES string of the molecule is COCC(O)CNCc1cccc(C#N)c1. The van der Waals surface area contributed by atoms with Crippen molar-refractivity contribution in [3.8, 4) is 6.07 Å². The molecule has 16 heavy (non-hydrogen) atoms. The Hall–Kier alpha value is -1.41. The van der Waals surface area contributed by atoms with Crippen LogP contribution in [-0.4, -0.2) is 31.5 Å². The van der Waals surface area contributed by atoms with Crippen molar-refractivity contribution >= 4 is 0 Å². The Morgan fingerprint density at radius 2 is 2.38 bits per heavy atom. The highest BCUT2D eigenvalue weighted by Gasteiger charge is 2.02. The van der Waals surface area contributed by atoms with Crippen LogP contribution in [0.3, 0.4) is 0 Å². The quantitative estimate of drug-likeness (QED) is 0.739. The summed E-state index contributed by atoms with van der Waals surface area (Å²) >= 11 is 0. The minimum Gasteiger partial charge on any atom is -0.389 e. The van der Waals surface area contributed by atoms with Crippen LogP contribution in [0.1, 0.15) is 11.1 Å². The molecule has 4 heteroatoms. The number of nitrogens with one attached hydrogen (secondary N) is 1. The van der Waals surface area contributed by atoms with Gasteiger partial charge in [0.15, 0.2) is 0 Å². The van der Waals surface area contributed by atoms with E-state index in [-0.39, 0.29) is 0 Å². The third-order valence-electron chi connectivity index (χ3n) is 2.12. The van der Waals surface area contributed by atoms with Gasteiger partial charge in [-0.1, -0.05) is 12.1 Å². The molecule has 0 bridgehead atoms. The predicted octanol–water partition coefficient (Wildman–Crippen LogP) is 0.655. The minimum atomic E-state index is -0.496. The maximum Gasteiger partial charge on any atom is 0.0991 e. The highest BCUT2D eigenvalue weighted by atomic mass is 16.5. The Kier molecular flexibility index (Phi) is 5.51. The first kappa shape index (κ1) is 12.7. The zero-order valence-electron chi connectivity index (χ0n) is 9.31. The van der Waals surface area contributed by atoms with Gasteiger partial charge in [0.25, 0.3) is 0 Å². The molecule has 0 radical (unpaired) electrons. The van der Waals surface area contributed by atoms with Crippen LogP contribution in [0, 0.1) is 11.3 Å². The number of hydrogen-bond donors (Lipinski definition) is 2. The maximum absolute atomic E-state index is 9.39. The van der Waals surface area contributed by atoms with E-state index >= 15 is 0 Å². The first-order chi connectivity index (χ1) is 7.76. The highest BCUT2D eigenvalue weighted by molar-refractivity contribution is 5.32. The van der Waals surface area contributed by atoms with Crippen molar-refractivity contribution < 1.29 is 9.84 Å². The lowest BCUT2D eigenvalue weighted by Crippen LogP contribution is -2.29. The van der Waals surface area contributed by atoms with Gasteiger partial charge in [0.2, 0.25) is 0 Å². The minimum absolute atomic E-state index is 0.325. The lowest BCUT2D eigenvalue weighted by Gasteiger charge is -2.10. The zero-order chi connectivity index (χ0) is 11.8. The summed E-state index contributed by atoms with van der Waals surface area (Å²) in [6.07, 6.45) is -0.496. The molecule has 0 spiro atoms. The van der Waals surface area contributed by atoms with Crippen LogP contribution in [0.15, 0.2) is 24.3 Å². The number of nitriles is 1. The number of ether oxygens (including phenoxy) is 1. The number of benzene rings is 1. The topological polar surface area (TPSA) is 65.3 Å². The molecule has 0 heterocycles. The summed E-state index contributed by atoms with van der Waals surface area (Å²) in [7, 11) is 1.56. The van der Waals surface area contributed by atoms with Crippen molar-refractivity contribution in [1.82, 2.24) is 5.32 Å². The molecule has 0 fully saturated rings. The molecule has 0 aromatic heterocycles. The fourth-order valence-electron chi connectivity index (χ4n) is 1.39. The van der Waals surface area contributed by atoms with E-state index < -0.39 is 6.10 Å². The largest absolute Gasteiger partial charge is 0.389 e. The van der Waals surface area contributed by atoms with Crippen LogP contribution in [0.2, 0.25) is 0 Å². The molecule has 86 valence electrons. The molecule has 0 saturated carbocycles. The Morgan fingerprint density at radius 1 is 1.56 bits per heavy atom. The van der Waals surface area contributed by atoms with Crippen molar-refractivity contribution in [2.75, 3.05) is 20.3 Å².